The maximum Gasteiger partial charge on any atom is 0.0841 e. The number of benzene rings is 1. The molecule has 0 aromatic heterocycles. The summed E-state index contributed by atoms with van der Waals surface area (Å²) in [6.45, 7) is 0. The Hall–Kier alpha value is -0.250. The van der Waals surface area contributed by atoms with Crippen LogP contribution >= 0.6 is 17.1 Å². The quantitative estimate of drug-likeness (QED) is 0.544. The van der Waals surface area contributed by atoms with Crippen molar-refractivity contribution < 1.29 is 0 Å². The van der Waals surface area contributed by atoms with E-state index in [0.717, 1.165) is 0 Å². The van der Waals surface area contributed by atoms with Gasteiger partial charge in [-0.15, -0.1) is 0 Å². The van der Waals surface area contributed by atoms with Crippen LogP contribution in [-0.2, 0) is 0 Å². The molecule has 1 aliphatic heterocycles. The third kappa shape index (κ3) is 0.729. The van der Waals surface area contributed by atoms with E-state index in [1.807, 2.05) is 0 Å². The fourth-order valence-corrected chi connectivity index (χ4v) is 2.86. The van der Waals surface area contributed by atoms with E-state index in [1.165, 1.54) is 10.6 Å². The number of hydrogen-bond donors (Lipinski definition) is 0. The summed E-state index contributed by atoms with van der Waals surface area (Å²) in [4.78, 5) is 0. The molecule has 1 aliphatic rings. The van der Waals surface area contributed by atoms with Crippen molar-refractivity contribution in [2.24, 2.45) is 4.52 Å². The van der Waals surface area contributed by atoms with Gasteiger partial charge >= 0.3 is 0 Å². The van der Waals surface area contributed by atoms with Crippen molar-refractivity contribution >= 4 is 27.7 Å². The molecule has 0 spiro atoms. The monoisotopic (exact) mass is 153 g/mol. The summed E-state index contributed by atoms with van der Waals surface area (Å²) < 4.78 is 4.04. The summed E-state index contributed by atoms with van der Waals surface area (Å²) in [7, 11) is 2.94. The second kappa shape index (κ2) is 1.87. The van der Waals surface area contributed by atoms with Crippen LogP contribution in [0.3, 0.4) is 0 Å². The van der Waals surface area contributed by atoms with Gasteiger partial charge in [-0.2, -0.15) is 0 Å². The van der Waals surface area contributed by atoms with Crippen molar-refractivity contribution in [3.63, 3.8) is 0 Å². The molecule has 0 saturated heterocycles. The van der Waals surface area contributed by atoms with Gasteiger partial charge in [0.05, 0.1) is 8.07 Å². The first-order valence-corrected chi connectivity index (χ1v) is 4.44. The molecule has 1 heterocycles. The van der Waals surface area contributed by atoms with Gasteiger partial charge in [-0.3, -0.25) is 0 Å². The van der Waals surface area contributed by atoms with Gasteiger partial charge in [-0.25, -0.2) is 4.52 Å². The van der Waals surface area contributed by atoms with Gasteiger partial charge in [0.1, 0.15) is 0 Å². The molecule has 0 N–H and O–H groups in total. The average Bonchev–Trinajstić information content (AvgIpc) is 2.60. The zero-order valence-corrected chi connectivity index (χ0v) is 6.60. The van der Waals surface area contributed by atoms with Gasteiger partial charge < -0.3 is 0 Å². The minimum atomic E-state index is -0.215. The van der Waals surface area contributed by atoms with E-state index in [1.54, 1.807) is 0 Å². The molecule has 0 bridgehead atoms. The van der Waals surface area contributed by atoms with E-state index in [9.17, 15) is 0 Å². The van der Waals surface area contributed by atoms with Crippen LogP contribution in [0.15, 0.2) is 28.8 Å². The van der Waals surface area contributed by atoms with Crippen LogP contribution < -0.4 is 10.6 Å². The highest BCUT2D eigenvalue weighted by Gasteiger charge is 2.30. The minimum absolute atomic E-state index is 0.215. The van der Waals surface area contributed by atoms with E-state index in [-0.39, 0.29) is 8.07 Å². The van der Waals surface area contributed by atoms with Gasteiger partial charge in [0, 0.05) is 10.6 Å². The number of rotatable bonds is 1. The Labute approximate surface area is 57.2 Å². The third-order valence-corrected chi connectivity index (χ3v) is 3.66. The molecule has 1 aromatic rings. The molecule has 44 valence electrons. The first-order chi connectivity index (χ1) is 4.43. The van der Waals surface area contributed by atoms with Gasteiger partial charge in [0.2, 0.25) is 0 Å². The first-order valence-electron chi connectivity index (χ1n) is 2.70. The summed E-state index contributed by atoms with van der Waals surface area (Å²) in [6, 6.07) is 8.37. The van der Waals surface area contributed by atoms with Crippen LogP contribution in [0.4, 0.5) is 0 Å². The lowest BCUT2D eigenvalue weighted by atomic mass is 10.4. The van der Waals surface area contributed by atoms with Crippen LogP contribution in [-0.4, -0.2) is 0 Å². The Bertz CT molecular complexity index is 236. The molecule has 1 aromatic carbocycles. The molecule has 9 heavy (non-hydrogen) atoms. The Morgan fingerprint density at radius 3 is 2.22 bits per heavy atom. The van der Waals surface area contributed by atoms with Crippen molar-refractivity contribution in [1.82, 2.24) is 0 Å². The fourth-order valence-electron chi connectivity index (χ4n) is 0.895. The van der Waals surface area contributed by atoms with Gasteiger partial charge in [0.25, 0.3) is 0 Å². The van der Waals surface area contributed by atoms with E-state index in [2.05, 4.69) is 37.8 Å². The fraction of sp³-hybridized carbons (Fsp3) is 0. The highest BCUT2D eigenvalue weighted by molar-refractivity contribution is 7.84. The Kier molecular flexibility index (Phi) is 1.15. The Morgan fingerprint density at radius 2 is 1.78 bits per heavy atom. The normalized spacial score (nSPS) is 14.7. The third-order valence-electron chi connectivity index (χ3n) is 1.39. The van der Waals surface area contributed by atoms with Crippen molar-refractivity contribution in [3.05, 3.63) is 24.3 Å². The maximum atomic E-state index is 4.04. The molecule has 0 fully saturated rings. The number of fused-ring (bicyclic) bond motifs is 1. The standard InChI is InChI=1S/C6H5NP2/c8-7-9-5-3-1-2-4-6(5)9/h1-4,8H. The van der Waals surface area contributed by atoms with Crippen molar-refractivity contribution in [1.29, 1.82) is 0 Å². The first kappa shape index (κ1) is 5.53. The summed E-state index contributed by atoms with van der Waals surface area (Å²) in [5, 5.41) is 2.84. The second-order valence-corrected chi connectivity index (χ2v) is 4.29. The molecule has 0 radical (unpaired) electrons. The molecular weight excluding hydrogens is 148 g/mol. The summed E-state index contributed by atoms with van der Waals surface area (Å²) >= 11 is 0. The second-order valence-electron chi connectivity index (χ2n) is 1.90. The van der Waals surface area contributed by atoms with Gasteiger partial charge in [-0.05, 0) is 9.03 Å². The van der Waals surface area contributed by atoms with Crippen molar-refractivity contribution in [2.45, 2.75) is 0 Å². The lowest BCUT2D eigenvalue weighted by molar-refractivity contribution is 1.87. The van der Waals surface area contributed by atoms with Gasteiger partial charge in [0.15, 0.2) is 0 Å². The summed E-state index contributed by atoms with van der Waals surface area (Å²) in [5.41, 5.74) is 0. The largest absolute Gasteiger partial charge is 0.239 e. The lowest BCUT2D eigenvalue weighted by Crippen LogP contribution is -1.83. The number of hydrogen-bond acceptors (Lipinski definition) is 1. The highest BCUT2D eigenvalue weighted by Crippen LogP contribution is 2.47. The van der Waals surface area contributed by atoms with Crippen LogP contribution in [0.25, 0.3) is 0 Å². The lowest BCUT2D eigenvalue weighted by Gasteiger charge is -1.72. The van der Waals surface area contributed by atoms with E-state index in [0.29, 0.717) is 0 Å². The molecular formula is C6H5NP2. The van der Waals surface area contributed by atoms with Gasteiger partial charge in [-0.1, -0.05) is 24.3 Å². The molecule has 0 unspecified atom stereocenters. The zero-order chi connectivity index (χ0) is 6.27. The van der Waals surface area contributed by atoms with Crippen molar-refractivity contribution in [2.75, 3.05) is 0 Å². The predicted molar refractivity (Wildman–Crippen MR) is 43.4 cm³/mol. The maximum absolute atomic E-state index is 4.04. The minimum Gasteiger partial charge on any atom is -0.239 e. The molecule has 1 nitrogen and oxygen atoms in total. The topological polar surface area (TPSA) is 12.4 Å². The van der Waals surface area contributed by atoms with Crippen LogP contribution in [0, 0.1) is 0 Å². The molecule has 0 saturated carbocycles. The average molecular weight is 153 g/mol. The van der Waals surface area contributed by atoms with Crippen LogP contribution in [0.1, 0.15) is 0 Å². The van der Waals surface area contributed by atoms with Crippen LogP contribution in [0.5, 0.6) is 0 Å². The van der Waals surface area contributed by atoms with Crippen molar-refractivity contribution in [3.8, 4) is 0 Å². The predicted octanol–water partition coefficient (Wildman–Crippen LogP) is 1.67. The summed E-state index contributed by atoms with van der Waals surface area (Å²) in [5.74, 6) is 0. The smallest absolute Gasteiger partial charge is 0.0841 e. The van der Waals surface area contributed by atoms with E-state index in [4.69, 9.17) is 0 Å². The SMILES string of the molecule is P=NP1c2ccccc21. The molecule has 0 atom stereocenters. The zero-order valence-electron chi connectivity index (χ0n) is 4.70. The summed E-state index contributed by atoms with van der Waals surface area (Å²) in [6.07, 6.45) is 0. The van der Waals surface area contributed by atoms with Crippen LogP contribution in [0.2, 0.25) is 0 Å². The van der Waals surface area contributed by atoms with E-state index < -0.39 is 0 Å². The molecule has 0 aliphatic carbocycles. The number of nitrogens with zero attached hydrogens (tertiary/aromatic N) is 1. The Morgan fingerprint density at radius 1 is 1.22 bits per heavy atom. The molecule has 2 rings (SSSR count). The Balaban J connectivity index is 2.46. The highest BCUT2D eigenvalue weighted by atomic mass is 31.2. The molecule has 0 amide bonds. The molecule has 3 heteroatoms. The van der Waals surface area contributed by atoms with E-state index >= 15 is 0 Å².